The highest BCUT2D eigenvalue weighted by molar-refractivity contribution is 6.21. The second-order valence-electron chi connectivity index (χ2n) is 13.3. The van der Waals surface area contributed by atoms with E-state index in [1.54, 1.807) is 0 Å². The Kier molecular flexibility index (Phi) is 5.96. The van der Waals surface area contributed by atoms with E-state index < -0.39 is 0 Å². The van der Waals surface area contributed by atoms with E-state index in [-0.39, 0.29) is 0 Å². The molecule has 0 spiro atoms. The Morgan fingerprint density at radius 3 is 1.53 bits per heavy atom. The zero-order valence-corrected chi connectivity index (χ0v) is 27.5. The van der Waals surface area contributed by atoms with Crippen LogP contribution in [-0.4, -0.2) is 0 Å². The highest BCUT2D eigenvalue weighted by Crippen LogP contribution is 2.43. The number of hydrogen-bond donors (Lipinski definition) is 0. The topological polar surface area (TPSA) is 29.5 Å². The summed E-state index contributed by atoms with van der Waals surface area (Å²) in [5.74, 6) is 0. The standard InChI is InChI=1S/C48H29NO2/c1-2-10-36-30(8-1)18-25-41-38(36)24-19-32-9-7-13-37(48(32)41)31-16-20-33(21-17-31)49(34-22-26-46-42(28-34)39-11-3-5-14-44(39)50-46)35-23-27-47-43(29-35)40-12-4-6-15-45(40)51-47/h1-29H. The lowest BCUT2D eigenvalue weighted by Crippen LogP contribution is -2.09. The molecule has 0 N–H and O–H groups in total. The second-order valence-corrected chi connectivity index (χ2v) is 13.3. The van der Waals surface area contributed by atoms with Crippen LogP contribution in [0, 0.1) is 0 Å². The quantitative estimate of drug-likeness (QED) is 0.177. The molecule has 0 radical (unpaired) electrons. The van der Waals surface area contributed by atoms with Crippen LogP contribution in [0.1, 0.15) is 0 Å². The number of hydrogen-bond acceptors (Lipinski definition) is 3. The predicted molar refractivity (Wildman–Crippen MR) is 214 cm³/mol. The molecule has 11 rings (SSSR count). The Balaban J connectivity index is 1.10. The third-order valence-electron chi connectivity index (χ3n) is 10.4. The van der Waals surface area contributed by atoms with Gasteiger partial charge in [0.25, 0.3) is 0 Å². The molecule has 9 aromatic carbocycles. The maximum atomic E-state index is 6.22. The van der Waals surface area contributed by atoms with Crippen molar-refractivity contribution in [3.8, 4) is 11.1 Å². The van der Waals surface area contributed by atoms with Crippen molar-refractivity contribution in [2.75, 3.05) is 4.90 Å². The van der Waals surface area contributed by atoms with Gasteiger partial charge in [-0.1, -0.05) is 115 Å². The zero-order valence-electron chi connectivity index (χ0n) is 27.5. The van der Waals surface area contributed by atoms with E-state index in [4.69, 9.17) is 8.83 Å². The summed E-state index contributed by atoms with van der Waals surface area (Å²) in [5.41, 5.74) is 9.11. The van der Waals surface area contributed by atoms with Crippen LogP contribution in [-0.2, 0) is 0 Å². The molecule has 0 aliphatic heterocycles. The average Bonchev–Trinajstić information content (AvgIpc) is 3.76. The fourth-order valence-electron chi connectivity index (χ4n) is 8.06. The molecule has 0 aliphatic carbocycles. The maximum absolute atomic E-state index is 6.22. The molecule has 0 amide bonds. The van der Waals surface area contributed by atoms with Crippen LogP contribution in [0.3, 0.4) is 0 Å². The van der Waals surface area contributed by atoms with E-state index in [0.717, 1.165) is 60.9 Å². The van der Waals surface area contributed by atoms with Crippen molar-refractivity contribution in [3.63, 3.8) is 0 Å². The van der Waals surface area contributed by atoms with Gasteiger partial charge in [0, 0.05) is 38.6 Å². The molecule has 0 aliphatic rings. The van der Waals surface area contributed by atoms with Gasteiger partial charge in [0.2, 0.25) is 0 Å². The molecule has 11 aromatic rings. The maximum Gasteiger partial charge on any atom is 0.135 e. The number of anilines is 3. The summed E-state index contributed by atoms with van der Waals surface area (Å²) in [6.07, 6.45) is 0. The monoisotopic (exact) mass is 651 g/mol. The third-order valence-corrected chi connectivity index (χ3v) is 10.4. The molecule has 238 valence electrons. The Morgan fingerprint density at radius 1 is 0.314 bits per heavy atom. The minimum absolute atomic E-state index is 0.877. The summed E-state index contributed by atoms with van der Waals surface area (Å²) in [4.78, 5) is 2.33. The minimum Gasteiger partial charge on any atom is -0.456 e. The summed E-state index contributed by atoms with van der Waals surface area (Å²) in [6, 6.07) is 62.8. The van der Waals surface area contributed by atoms with Gasteiger partial charge in [-0.2, -0.15) is 0 Å². The van der Waals surface area contributed by atoms with Crippen molar-refractivity contribution in [3.05, 3.63) is 176 Å². The van der Waals surface area contributed by atoms with E-state index in [1.165, 1.54) is 43.4 Å². The van der Waals surface area contributed by atoms with Gasteiger partial charge in [-0.25, -0.2) is 0 Å². The molecular weight excluding hydrogens is 623 g/mol. The first-order valence-electron chi connectivity index (χ1n) is 17.3. The van der Waals surface area contributed by atoms with Gasteiger partial charge >= 0.3 is 0 Å². The molecule has 0 saturated heterocycles. The molecule has 2 aromatic heterocycles. The van der Waals surface area contributed by atoms with Crippen LogP contribution in [0.4, 0.5) is 17.1 Å². The predicted octanol–water partition coefficient (Wildman–Crippen LogP) is 14.1. The summed E-state index contributed by atoms with van der Waals surface area (Å²) < 4.78 is 12.4. The fraction of sp³-hybridized carbons (Fsp3) is 0. The largest absolute Gasteiger partial charge is 0.456 e. The average molecular weight is 652 g/mol. The Morgan fingerprint density at radius 2 is 0.843 bits per heavy atom. The molecule has 0 unspecified atom stereocenters. The molecule has 0 bridgehead atoms. The second kappa shape index (κ2) is 10.8. The Bertz CT molecular complexity index is 3030. The number of rotatable bonds is 4. The van der Waals surface area contributed by atoms with Crippen LogP contribution in [0.15, 0.2) is 185 Å². The highest BCUT2D eigenvalue weighted by atomic mass is 16.3. The van der Waals surface area contributed by atoms with Crippen LogP contribution in [0.5, 0.6) is 0 Å². The first-order chi connectivity index (χ1) is 25.3. The van der Waals surface area contributed by atoms with Crippen molar-refractivity contribution >= 4 is 93.3 Å². The van der Waals surface area contributed by atoms with E-state index in [1.807, 2.05) is 24.3 Å². The summed E-state index contributed by atoms with van der Waals surface area (Å²) in [5, 5.41) is 12.0. The number of furan rings is 2. The smallest absolute Gasteiger partial charge is 0.135 e. The number of nitrogens with zero attached hydrogens (tertiary/aromatic N) is 1. The number of para-hydroxylation sites is 2. The molecule has 0 saturated carbocycles. The third kappa shape index (κ3) is 4.32. The van der Waals surface area contributed by atoms with Crippen LogP contribution in [0.25, 0.3) is 87.3 Å². The van der Waals surface area contributed by atoms with E-state index in [9.17, 15) is 0 Å². The van der Waals surface area contributed by atoms with E-state index >= 15 is 0 Å². The van der Waals surface area contributed by atoms with Gasteiger partial charge in [-0.3, -0.25) is 0 Å². The summed E-state index contributed by atoms with van der Waals surface area (Å²) >= 11 is 0. The number of fused-ring (bicyclic) bond motifs is 11. The lowest BCUT2D eigenvalue weighted by molar-refractivity contribution is 0.668. The first-order valence-corrected chi connectivity index (χ1v) is 17.3. The number of benzene rings is 9. The lowest BCUT2D eigenvalue weighted by Gasteiger charge is -2.26. The molecule has 51 heavy (non-hydrogen) atoms. The lowest BCUT2D eigenvalue weighted by atomic mass is 9.91. The summed E-state index contributed by atoms with van der Waals surface area (Å²) in [7, 11) is 0. The molecule has 3 nitrogen and oxygen atoms in total. The van der Waals surface area contributed by atoms with Crippen LogP contribution >= 0.6 is 0 Å². The van der Waals surface area contributed by atoms with Crippen molar-refractivity contribution in [2.45, 2.75) is 0 Å². The van der Waals surface area contributed by atoms with Crippen LogP contribution in [0.2, 0.25) is 0 Å². The molecule has 3 heteroatoms. The van der Waals surface area contributed by atoms with Crippen molar-refractivity contribution in [1.82, 2.24) is 0 Å². The van der Waals surface area contributed by atoms with E-state index in [2.05, 4.69) is 157 Å². The first kappa shape index (κ1) is 28.0. The Hall–Kier alpha value is -6.84. The fourth-order valence-corrected chi connectivity index (χ4v) is 8.06. The van der Waals surface area contributed by atoms with Gasteiger partial charge in [0.15, 0.2) is 0 Å². The van der Waals surface area contributed by atoms with Gasteiger partial charge in [-0.15, -0.1) is 0 Å². The van der Waals surface area contributed by atoms with Crippen LogP contribution < -0.4 is 4.90 Å². The molecule has 0 fully saturated rings. The molecule has 2 heterocycles. The van der Waals surface area contributed by atoms with Gasteiger partial charge in [0.05, 0.1) is 0 Å². The van der Waals surface area contributed by atoms with Crippen molar-refractivity contribution < 1.29 is 8.83 Å². The Labute approximate surface area is 293 Å². The highest BCUT2D eigenvalue weighted by Gasteiger charge is 2.18. The molecule has 0 atom stereocenters. The zero-order chi connectivity index (χ0) is 33.5. The minimum atomic E-state index is 0.877. The molecular formula is C48H29NO2. The van der Waals surface area contributed by atoms with Gasteiger partial charge < -0.3 is 13.7 Å². The van der Waals surface area contributed by atoms with Gasteiger partial charge in [-0.05, 0) is 104 Å². The van der Waals surface area contributed by atoms with Crippen molar-refractivity contribution in [2.24, 2.45) is 0 Å². The normalized spacial score (nSPS) is 11.9. The van der Waals surface area contributed by atoms with Crippen molar-refractivity contribution in [1.29, 1.82) is 0 Å². The van der Waals surface area contributed by atoms with E-state index in [0.29, 0.717) is 0 Å². The SMILES string of the molecule is c1ccc2c(c1)ccc1c2ccc2cccc(-c3ccc(N(c4ccc5oc6ccccc6c5c4)c4ccc5oc6ccccc6c5c4)cc3)c21. The van der Waals surface area contributed by atoms with Gasteiger partial charge in [0.1, 0.15) is 22.3 Å². The summed E-state index contributed by atoms with van der Waals surface area (Å²) in [6.45, 7) is 0.